The third-order valence-electron chi connectivity index (χ3n) is 5.20. The summed E-state index contributed by atoms with van der Waals surface area (Å²) in [5.74, 6) is 1.75. The Morgan fingerprint density at radius 3 is 2.54 bits per heavy atom. The largest absolute Gasteiger partial charge is 0.493 e. The van der Waals surface area contributed by atoms with E-state index in [0.717, 1.165) is 57.0 Å². The van der Waals surface area contributed by atoms with Gasteiger partial charge in [-0.15, -0.1) is 22.0 Å². The molecule has 2 aliphatic rings. The van der Waals surface area contributed by atoms with Gasteiger partial charge in [-0.3, -0.25) is 4.90 Å². The Morgan fingerprint density at radius 1 is 1.11 bits per heavy atom. The fourth-order valence-electron chi connectivity index (χ4n) is 3.70. The summed E-state index contributed by atoms with van der Waals surface area (Å²) in [6, 6.07) is 9.86. The van der Waals surface area contributed by atoms with E-state index in [0.29, 0.717) is 0 Å². The van der Waals surface area contributed by atoms with E-state index in [1.807, 2.05) is 11.8 Å². The second-order valence-corrected chi connectivity index (χ2v) is 9.96. The minimum absolute atomic E-state index is 0.0103. The van der Waals surface area contributed by atoms with Gasteiger partial charge < -0.3 is 9.64 Å². The van der Waals surface area contributed by atoms with Crippen LogP contribution in [-0.4, -0.2) is 68.8 Å². The van der Waals surface area contributed by atoms with Crippen molar-refractivity contribution in [2.24, 2.45) is 0 Å². The van der Waals surface area contributed by atoms with Gasteiger partial charge in [-0.25, -0.2) is 8.42 Å². The smallest absolute Gasteiger partial charge is 0.194 e. The van der Waals surface area contributed by atoms with Crippen LogP contribution in [0.4, 0.5) is 5.82 Å². The highest BCUT2D eigenvalue weighted by Crippen LogP contribution is 2.36. The summed E-state index contributed by atoms with van der Waals surface area (Å²) in [5.41, 5.74) is 2.57. The minimum atomic E-state index is -3.32. The molecule has 1 atom stereocenters. The molecule has 1 aromatic heterocycles. The van der Waals surface area contributed by atoms with Gasteiger partial charge in [0.25, 0.3) is 0 Å². The highest BCUT2D eigenvalue weighted by molar-refractivity contribution is 7.98. The molecule has 0 radical (unpaired) electrons. The first-order valence-electron chi connectivity index (χ1n) is 9.27. The first-order chi connectivity index (χ1) is 13.5. The molecule has 1 aromatic carbocycles. The first-order valence-corrected chi connectivity index (χ1v) is 12.4. The molecule has 9 heteroatoms. The molecule has 3 heterocycles. The molecule has 2 aromatic rings. The maximum Gasteiger partial charge on any atom is 0.194 e. The van der Waals surface area contributed by atoms with Gasteiger partial charge in [-0.2, -0.15) is 0 Å². The standard InChI is InChI=1S/C19H24N4O3S2/c1-27-19(15-4-3-14-7-12-26-16(14)13-15)23-10-8-22(9-11-23)17-5-6-18(21-20-17)28(2,24)25/h3-6,13,19H,7-12H2,1-2H3. The van der Waals surface area contributed by atoms with Crippen molar-refractivity contribution in [3.8, 4) is 5.75 Å². The lowest BCUT2D eigenvalue weighted by atomic mass is 10.1. The van der Waals surface area contributed by atoms with Crippen LogP contribution in [0.15, 0.2) is 35.4 Å². The summed E-state index contributed by atoms with van der Waals surface area (Å²) >= 11 is 1.83. The molecule has 4 rings (SSSR count). The summed E-state index contributed by atoms with van der Waals surface area (Å²) in [6.07, 6.45) is 4.28. The highest BCUT2D eigenvalue weighted by atomic mass is 32.2. The van der Waals surface area contributed by atoms with Crippen LogP contribution in [0.3, 0.4) is 0 Å². The van der Waals surface area contributed by atoms with Crippen LogP contribution >= 0.6 is 11.8 Å². The van der Waals surface area contributed by atoms with Gasteiger partial charge in [0.15, 0.2) is 20.7 Å². The van der Waals surface area contributed by atoms with Crippen molar-refractivity contribution in [1.82, 2.24) is 15.1 Å². The van der Waals surface area contributed by atoms with Crippen LogP contribution in [0.2, 0.25) is 0 Å². The van der Waals surface area contributed by atoms with Crippen LogP contribution in [0.25, 0.3) is 0 Å². The number of ether oxygens (including phenoxy) is 1. The molecule has 0 saturated carbocycles. The Labute approximate surface area is 170 Å². The molecule has 0 spiro atoms. The average molecular weight is 421 g/mol. The predicted octanol–water partition coefficient (Wildman–Crippen LogP) is 2.00. The number of aromatic nitrogens is 2. The van der Waals surface area contributed by atoms with Crippen molar-refractivity contribution >= 4 is 27.4 Å². The van der Waals surface area contributed by atoms with Crippen molar-refractivity contribution in [2.75, 3.05) is 50.2 Å². The van der Waals surface area contributed by atoms with Gasteiger partial charge >= 0.3 is 0 Å². The third kappa shape index (κ3) is 3.97. The van der Waals surface area contributed by atoms with Gasteiger partial charge in [0.05, 0.1) is 12.0 Å². The zero-order valence-electron chi connectivity index (χ0n) is 16.0. The van der Waals surface area contributed by atoms with Crippen molar-refractivity contribution in [2.45, 2.75) is 16.8 Å². The number of benzene rings is 1. The Bertz CT molecular complexity index is 942. The number of fused-ring (bicyclic) bond motifs is 1. The van der Waals surface area contributed by atoms with E-state index in [1.165, 1.54) is 17.2 Å². The van der Waals surface area contributed by atoms with Crippen molar-refractivity contribution in [3.05, 3.63) is 41.5 Å². The van der Waals surface area contributed by atoms with Crippen LogP contribution < -0.4 is 9.64 Å². The Balaban J connectivity index is 1.43. The topological polar surface area (TPSA) is 75.6 Å². The van der Waals surface area contributed by atoms with Crippen LogP contribution in [-0.2, 0) is 16.3 Å². The van der Waals surface area contributed by atoms with Crippen molar-refractivity contribution < 1.29 is 13.2 Å². The predicted molar refractivity (Wildman–Crippen MR) is 111 cm³/mol. The van der Waals surface area contributed by atoms with Gasteiger partial charge in [-0.05, 0) is 35.6 Å². The summed E-state index contributed by atoms with van der Waals surface area (Å²) in [7, 11) is -3.32. The SMILES string of the molecule is CSC(c1ccc2c(c1)OCC2)N1CCN(c2ccc(S(C)(=O)=O)nn2)CC1. The summed E-state index contributed by atoms with van der Waals surface area (Å²) < 4.78 is 28.8. The van der Waals surface area contributed by atoms with Gasteiger partial charge in [0.1, 0.15) is 5.75 Å². The number of anilines is 1. The number of piperazine rings is 1. The molecule has 0 N–H and O–H groups in total. The summed E-state index contributed by atoms with van der Waals surface area (Å²) in [4.78, 5) is 4.62. The molecule has 1 fully saturated rings. The molecule has 2 aliphatic heterocycles. The zero-order valence-corrected chi connectivity index (χ0v) is 17.7. The Kier molecular flexibility index (Phi) is 5.48. The normalized spacial score (nSPS) is 18.6. The van der Waals surface area contributed by atoms with E-state index in [4.69, 9.17) is 4.74 Å². The fourth-order valence-corrected chi connectivity index (χ4v) is 5.13. The monoisotopic (exact) mass is 420 g/mol. The van der Waals surface area contributed by atoms with E-state index in [2.05, 4.69) is 44.5 Å². The summed E-state index contributed by atoms with van der Waals surface area (Å²) in [5, 5.41) is 8.28. The molecule has 0 aliphatic carbocycles. The lowest BCUT2D eigenvalue weighted by Crippen LogP contribution is -2.47. The maximum atomic E-state index is 11.5. The number of thioether (sulfide) groups is 1. The molecule has 28 heavy (non-hydrogen) atoms. The van der Waals surface area contributed by atoms with Crippen molar-refractivity contribution in [1.29, 1.82) is 0 Å². The maximum absolute atomic E-state index is 11.5. The zero-order chi connectivity index (χ0) is 19.7. The second-order valence-electron chi connectivity index (χ2n) is 7.08. The van der Waals surface area contributed by atoms with Crippen LogP contribution in [0.5, 0.6) is 5.75 Å². The lowest BCUT2D eigenvalue weighted by molar-refractivity contribution is 0.242. The number of nitrogens with zero attached hydrogens (tertiary/aromatic N) is 4. The fraction of sp³-hybridized carbons (Fsp3) is 0.474. The number of hydrogen-bond acceptors (Lipinski definition) is 8. The van der Waals surface area contributed by atoms with Crippen LogP contribution in [0.1, 0.15) is 16.5 Å². The molecule has 0 bridgehead atoms. The highest BCUT2D eigenvalue weighted by Gasteiger charge is 2.26. The molecule has 1 unspecified atom stereocenters. The quantitative estimate of drug-likeness (QED) is 0.727. The van der Waals surface area contributed by atoms with Gasteiger partial charge in [0.2, 0.25) is 0 Å². The molecular weight excluding hydrogens is 396 g/mol. The van der Waals surface area contributed by atoms with E-state index in [-0.39, 0.29) is 10.4 Å². The Morgan fingerprint density at radius 2 is 1.89 bits per heavy atom. The number of rotatable bonds is 5. The molecule has 0 amide bonds. The molecular formula is C19H24N4O3S2. The van der Waals surface area contributed by atoms with E-state index < -0.39 is 9.84 Å². The van der Waals surface area contributed by atoms with Gasteiger partial charge in [-0.1, -0.05) is 12.1 Å². The van der Waals surface area contributed by atoms with E-state index in [1.54, 1.807) is 6.07 Å². The first kappa shape index (κ1) is 19.5. The van der Waals surface area contributed by atoms with Crippen molar-refractivity contribution in [3.63, 3.8) is 0 Å². The number of sulfone groups is 1. The summed E-state index contributed by atoms with van der Waals surface area (Å²) in [6.45, 7) is 4.23. The van der Waals surface area contributed by atoms with Crippen LogP contribution in [0, 0.1) is 0 Å². The van der Waals surface area contributed by atoms with E-state index >= 15 is 0 Å². The molecule has 1 saturated heterocycles. The third-order valence-corrected chi connectivity index (χ3v) is 7.20. The average Bonchev–Trinajstić information content (AvgIpc) is 3.17. The Hall–Kier alpha value is -1.84. The lowest BCUT2D eigenvalue weighted by Gasteiger charge is -2.39. The number of hydrogen-bond donors (Lipinski definition) is 0. The molecule has 7 nitrogen and oxygen atoms in total. The van der Waals surface area contributed by atoms with Gasteiger partial charge in [0, 0.05) is 38.9 Å². The van der Waals surface area contributed by atoms with E-state index in [9.17, 15) is 8.42 Å². The molecule has 150 valence electrons. The second kappa shape index (κ2) is 7.88. The minimum Gasteiger partial charge on any atom is -0.493 e.